The number of nitriles is 1. The van der Waals surface area contributed by atoms with Crippen molar-refractivity contribution in [3.8, 4) is 28.9 Å². The van der Waals surface area contributed by atoms with Crippen molar-refractivity contribution < 1.29 is 52.5 Å². The van der Waals surface area contributed by atoms with Crippen LogP contribution in [-0.2, 0) is 23.3 Å². The Morgan fingerprint density at radius 1 is 1.14 bits per heavy atom. The molecule has 1 aliphatic carbocycles. The lowest BCUT2D eigenvalue weighted by molar-refractivity contribution is -0.243. The van der Waals surface area contributed by atoms with Gasteiger partial charge >= 0.3 is 27.7 Å². The maximum Gasteiger partial charge on any atom is 0.475 e. The van der Waals surface area contributed by atoms with E-state index < -0.39 is 56.4 Å². The number of carbonyl (C=O) groups is 1. The van der Waals surface area contributed by atoms with E-state index in [-0.39, 0.29) is 21.7 Å². The highest BCUT2D eigenvalue weighted by Crippen LogP contribution is 2.45. The Bertz CT molecular complexity index is 1720. The highest BCUT2D eigenvalue weighted by Gasteiger charge is 2.69. The second kappa shape index (κ2) is 9.83. The topological polar surface area (TPSA) is 123 Å². The number of hydrogen-bond donors (Lipinski definition) is 0. The van der Waals surface area contributed by atoms with Gasteiger partial charge in [0.1, 0.15) is 5.54 Å². The van der Waals surface area contributed by atoms with E-state index in [1.54, 1.807) is 0 Å². The van der Waals surface area contributed by atoms with Crippen molar-refractivity contribution in [3.63, 3.8) is 0 Å². The summed E-state index contributed by atoms with van der Waals surface area (Å²) in [5, 5.41) is 9.61. The fourth-order valence-electron chi connectivity index (χ4n) is 3.83. The molecular formula is C22H15ClF8N6O4S. The zero-order valence-electron chi connectivity index (χ0n) is 20.9. The van der Waals surface area contributed by atoms with Crippen LogP contribution < -0.4 is 4.18 Å². The third-order valence-corrected chi connectivity index (χ3v) is 7.88. The quantitative estimate of drug-likeness (QED) is 0.263. The molecule has 1 saturated carbocycles. The normalized spacial score (nSPS) is 15.3. The average molecular weight is 647 g/mol. The summed E-state index contributed by atoms with van der Waals surface area (Å²) < 4.78 is 134. The molecule has 0 N–H and O–H groups in total. The second-order valence-corrected chi connectivity index (χ2v) is 11.0. The number of aromatic nitrogens is 4. The molecule has 0 bridgehead atoms. The number of aryl methyl sites for hydroxylation is 1. The minimum absolute atomic E-state index is 0.00128. The van der Waals surface area contributed by atoms with Crippen molar-refractivity contribution >= 4 is 27.6 Å². The molecule has 1 amide bonds. The number of rotatable bonds is 7. The van der Waals surface area contributed by atoms with Crippen LogP contribution in [0.25, 0.3) is 16.9 Å². The first-order valence-corrected chi connectivity index (χ1v) is 13.0. The SMILES string of the molecule is CN(C(=O)c1cc(-c2cnn(-c3c(C(F)(F)F)c(OS(=O)(=O)C(F)(F)C(F)(F)F)nn3C)c2)ccc1Cl)C1(C#N)CC1. The van der Waals surface area contributed by atoms with Crippen molar-refractivity contribution in [1.29, 1.82) is 5.26 Å². The van der Waals surface area contributed by atoms with E-state index in [9.17, 15) is 53.6 Å². The van der Waals surface area contributed by atoms with Crippen LogP contribution in [0, 0.1) is 11.3 Å². The smallest absolute Gasteiger partial charge is 0.355 e. The van der Waals surface area contributed by atoms with Crippen LogP contribution in [0.5, 0.6) is 5.88 Å². The molecule has 0 aliphatic heterocycles. The van der Waals surface area contributed by atoms with Gasteiger partial charge in [0.05, 0.1) is 22.9 Å². The molecule has 20 heteroatoms. The fourth-order valence-corrected chi connectivity index (χ4v) is 4.74. The Hall–Kier alpha value is -3.92. The van der Waals surface area contributed by atoms with Gasteiger partial charge < -0.3 is 9.08 Å². The van der Waals surface area contributed by atoms with Crippen LogP contribution >= 0.6 is 11.6 Å². The first kappa shape index (κ1) is 31.0. The summed E-state index contributed by atoms with van der Waals surface area (Å²) in [6.07, 6.45) is -9.43. The van der Waals surface area contributed by atoms with Crippen molar-refractivity contribution in [3.05, 3.63) is 46.7 Å². The van der Waals surface area contributed by atoms with Crippen LogP contribution in [0.1, 0.15) is 28.8 Å². The van der Waals surface area contributed by atoms with Crippen molar-refractivity contribution in [2.75, 3.05) is 7.05 Å². The van der Waals surface area contributed by atoms with Crippen LogP contribution in [0.15, 0.2) is 30.6 Å². The second-order valence-electron chi connectivity index (χ2n) is 9.05. The van der Waals surface area contributed by atoms with Crippen molar-refractivity contribution in [1.82, 2.24) is 24.5 Å². The highest BCUT2D eigenvalue weighted by atomic mass is 35.5. The van der Waals surface area contributed by atoms with Crippen molar-refractivity contribution in [2.24, 2.45) is 7.05 Å². The molecule has 0 unspecified atom stereocenters. The number of halogens is 9. The lowest BCUT2D eigenvalue weighted by Gasteiger charge is -2.23. The standard InChI is InChI=1S/C22H15ClF8N6O4S/c1-35(19(10-32)5-6-19)18(38)13-7-11(3-4-14(13)23)12-8-33-37(9-12)17-15(20(24,25)26)16(34-36(17)2)41-42(39,40)22(30,31)21(27,28)29/h3-4,7-9H,5-6H2,1-2H3. The van der Waals surface area contributed by atoms with E-state index >= 15 is 0 Å². The largest absolute Gasteiger partial charge is 0.475 e. The third-order valence-electron chi connectivity index (χ3n) is 6.31. The Kier molecular flexibility index (Phi) is 7.26. The minimum atomic E-state index is -7.04. The lowest BCUT2D eigenvalue weighted by atomic mass is 10.0. The van der Waals surface area contributed by atoms with E-state index in [0.29, 0.717) is 22.2 Å². The number of alkyl halides is 8. The number of amides is 1. The molecule has 2 aromatic heterocycles. The molecule has 0 radical (unpaired) electrons. The fraction of sp³-hybridized carbons (Fsp3) is 0.364. The number of nitrogens with zero attached hydrogens (tertiary/aromatic N) is 6. The molecule has 1 fully saturated rings. The summed E-state index contributed by atoms with van der Waals surface area (Å²) >= 11 is 6.17. The van der Waals surface area contributed by atoms with Crippen molar-refractivity contribution in [2.45, 2.75) is 36.0 Å². The predicted molar refractivity (Wildman–Crippen MR) is 126 cm³/mol. The van der Waals surface area contributed by atoms with Crippen LogP contribution in [0.3, 0.4) is 0 Å². The summed E-state index contributed by atoms with van der Waals surface area (Å²) in [5.41, 5.74) is -2.90. The Labute approximate surface area is 235 Å². The molecule has 0 saturated heterocycles. The van der Waals surface area contributed by atoms with Gasteiger partial charge in [-0.3, -0.25) is 4.79 Å². The van der Waals surface area contributed by atoms with Gasteiger partial charge in [-0.05, 0) is 30.5 Å². The first-order chi connectivity index (χ1) is 19.2. The molecule has 42 heavy (non-hydrogen) atoms. The Balaban J connectivity index is 1.75. The van der Waals surface area contributed by atoms with Gasteiger partial charge in [-0.1, -0.05) is 17.7 Å². The maximum absolute atomic E-state index is 14.0. The predicted octanol–water partition coefficient (Wildman–Crippen LogP) is 4.94. The molecule has 0 atom stereocenters. The van der Waals surface area contributed by atoms with E-state index in [1.807, 2.05) is 6.07 Å². The van der Waals surface area contributed by atoms with Gasteiger partial charge in [-0.15, -0.1) is 5.10 Å². The zero-order chi connectivity index (χ0) is 31.6. The summed E-state index contributed by atoms with van der Waals surface area (Å²) in [4.78, 5) is 14.2. The van der Waals surface area contributed by atoms with Crippen LogP contribution in [0.2, 0.25) is 5.02 Å². The van der Waals surface area contributed by atoms with Gasteiger partial charge in [0.2, 0.25) is 0 Å². The first-order valence-electron chi connectivity index (χ1n) is 11.2. The average Bonchev–Trinajstić information content (AvgIpc) is 3.40. The number of benzene rings is 1. The Morgan fingerprint density at radius 3 is 2.29 bits per heavy atom. The van der Waals surface area contributed by atoms with E-state index in [0.717, 1.165) is 19.4 Å². The number of carbonyl (C=O) groups excluding carboxylic acids is 1. The monoisotopic (exact) mass is 646 g/mol. The van der Waals surface area contributed by atoms with E-state index in [1.165, 1.54) is 30.1 Å². The molecule has 1 aromatic carbocycles. The number of hydrogen-bond acceptors (Lipinski definition) is 7. The van der Waals surface area contributed by atoms with Crippen LogP contribution in [-0.4, -0.2) is 62.8 Å². The maximum atomic E-state index is 14.0. The van der Waals surface area contributed by atoms with Gasteiger partial charge in [0.25, 0.3) is 11.8 Å². The van der Waals surface area contributed by atoms with Crippen LogP contribution in [0.4, 0.5) is 35.1 Å². The minimum Gasteiger partial charge on any atom is -0.355 e. The lowest BCUT2D eigenvalue weighted by Crippen LogP contribution is -2.46. The molecule has 10 nitrogen and oxygen atoms in total. The Morgan fingerprint density at radius 2 is 1.76 bits per heavy atom. The van der Waals surface area contributed by atoms with E-state index in [4.69, 9.17) is 11.6 Å². The molecule has 226 valence electrons. The molecule has 0 spiro atoms. The van der Waals surface area contributed by atoms with E-state index in [2.05, 4.69) is 14.4 Å². The van der Waals surface area contributed by atoms with Gasteiger partial charge in [0, 0.05) is 25.9 Å². The summed E-state index contributed by atoms with van der Waals surface area (Å²) in [5.74, 6) is -3.82. The summed E-state index contributed by atoms with van der Waals surface area (Å²) in [6.45, 7) is 0. The summed E-state index contributed by atoms with van der Waals surface area (Å²) in [7, 11) is -4.84. The molecule has 3 aromatic rings. The zero-order valence-corrected chi connectivity index (χ0v) is 22.5. The molecule has 2 heterocycles. The van der Waals surface area contributed by atoms with Gasteiger partial charge in [0.15, 0.2) is 11.4 Å². The molecule has 4 rings (SSSR count). The van der Waals surface area contributed by atoms with Gasteiger partial charge in [-0.25, -0.2) is 9.36 Å². The highest BCUT2D eigenvalue weighted by molar-refractivity contribution is 7.88. The summed E-state index contributed by atoms with van der Waals surface area (Å²) in [6, 6.07) is 6.02. The molecule has 1 aliphatic rings. The molecular weight excluding hydrogens is 632 g/mol. The third kappa shape index (κ3) is 5.12. The van der Waals surface area contributed by atoms with Gasteiger partial charge in [-0.2, -0.15) is 53.9 Å².